The first-order chi connectivity index (χ1) is 9.67. The Bertz CT molecular complexity index is 539. The molecule has 0 aromatic carbocycles. The lowest BCUT2D eigenvalue weighted by Crippen LogP contribution is -2.49. The summed E-state index contributed by atoms with van der Waals surface area (Å²) in [7, 11) is 0. The number of hydrogen-bond acceptors (Lipinski definition) is 2. The van der Waals surface area contributed by atoms with Crippen molar-refractivity contribution in [3.63, 3.8) is 0 Å². The fourth-order valence-electron chi connectivity index (χ4n) is 5.74. The average Bonchev–Trinajstić information content (AvgIpc) is 2.39. The van der Waals surface area contributed by atoms with Crippen LogP contribution in [0.3, 0.4) is 0 Å². The van der Waals surface area contributed by atoms with Gasteiger partial charge in [-0.2, -0.15) is 0 Å². The van der Waals surface area contributed by atoms with Gasteiger partial charge in [-0.1, -0.05) is 6.07 Å². The van der Waals surface area contributed by atoms with E-state index in [9.17, 15) is 4.79 Å². The minimum atomic E-state index is 0.128. The Balaban J connectivity index is 1.68. The van der Waals surface area contributed by atoms with E-state index < -0.39 is 0 Å². The van der Waals surface area contributed by atoms with Gasteiger partial charge in [0.05, 0.1) is 0 Å². The monoisotopic (exact) mass is 272 g/mol. The second-order valence-corrected chi connectivity index (χ2v) is 7.56. The Morgan fingerprint density at radius 2 is 1.70 bits per heavy atom. The van der Waals surface area contributed by atoms with Crippen molar-refractivity contribution in [1.29, 1.82) is 0 Å². The van der Waals surface area contributed by atoms with E-state index in [2.05, 4.69) is 0 Å². The summed E-state index contributed by atoms with van der Waals surface area (Å²) >= 11 is 0. The first-order valence-electron chi connectivity index (χ1n) is 8.06. The highest BCUT2D eigenvalue weighted by atomic mass is 16.1. The van der Waals surface area contributed by atoms with Crippen LogP contribution in [-0.2, 0) is 13.1 Å². The molecule has 108 valence electrons. The average molecular weight is 272 g/mol. The van der Waals surface area contributed by atoms with Gasteiger partial charge in [-0.05, 0) is 67.8 Å². The van der Waals surface area contributed by atoms with Crippen molar-refractivity contribution in [3.8, 4) is 0 Å². The largest absolute Gasteiger partial charge is 0.325 e. The summed E-state index contributed by atoms with van der Waals surface area (Å²) in [4.78, 5) is 12.2. The van der Waals surface area contributed by atoms with Crippen molar-refractivity contribution in [2.75, 3.05) is 0 Å². The van der Waals surface area contributed by atoms with Crippen molar-refractivity contribution in [1.82, 2.24) is 4.57 Å². The molecule has 1 aromatic heterocycles. The number of nitrogens with zero attached hydrogens (tertiary/aromatic N) is 1. The molecular formula is C17H24N2O. The number of hydrogen-bond donors (Lipinski definition) is 1. The van der Waals surface area contributed by atoms with Crippen LogP contribution in [0.25, 0.3) is 0 Å². The molecule has 0 aliphatic heterocycles. The standard InChI is InChI=1S/C17H24N2O/c18-10-15-2-1-3-16(20)19(15)11-17-7-12-4-13(8-17)6-14(5-12)9-17/h1-3,12-14H,4-11,18H2. The molecule has 4 aliphatic carbocycles. The lowest BCUT2D eigenvalue weighted by molar-refractivity contribution is -0.0627. The molecule has 0 spiro atoms. The highest BCUT2D eigenvalue weighted by Crippen LogP contribution is 2.60. The maximum Gasteiger partial charge on any atom is 0.250 e. The second kappa shape index (κ2) is 4.45. The normalized spacial score (nSPS) is 38.4. The van der Waals surface area contributed by atoms with Gasteiger partial charge in [0.2, 0.25) is 0 Å². The number of nitrogens with two attached hydrogens (primary N) is 1. The summed E-state index contributed by atoms with van der Waals surface area (Å²) in [6.07, 6.45) is 8.37. The van der Waals surface area contributed by atoms with E-state index in [1.54, 1.807) is 6.07 Å². The van der Waals surface area contributed by atoms with Gasteiger partial charge in [-0.15, -0.1) is 0 Å². The van der Waals surface area contributed by atoms with Crippen LogP contribution in [0.5, 0.6) is 0 Å². The third-order valence-electron chi connectivity index (χ3n) is 6.01. The van der Waals surface area contributed by atoms with E-state index in [0.29, 0.717) is 12.0 Å². The lowest BCUT2D eigenvalue weighted by atomic mass is 9.49. The highest BCUT2D eigenvalue weighted by Gasteiger charge is 2.51. The number of aromatic nitrogens is 1. The predicted octanol–water partition coefficient (Wildman–Crippen LogP) is 2.52. The molecular weight excluding hydrogens is 248 g/mol. The quantitative estimate of drug-likeness (QED) is 0.919. The Morgan fingerprint density at radius 1 is 1.10 bits per heavy atom. The van der Waals surface area contributed by atoms with E-state index >= 15 is 0 Å². The summed E-state index contributed by atoms with van der Waals surface area (Å²) in [5.41, 5.74) is 7.34. The maximum atomic E-state index is 12.2. The van der Waals surface area contributed by atoms with Crippen molar-refractivity contribution in [2.24, 2.45) is 28.9 Å². The van der Waals surface area contributed by atoms with Gasteiger partial charge in [0.15, 0.2) is 0 Å². The van der Waals surface area contributed by atoms with Crippen molar-refractivity contribution in [2.45, 2.75) is 51.6 Å². The fraction of sp³-hybridized carbons (Fsp3) is 0.706. The number of rotatable bonds is 3. The van der Waals surface area contributed by atoms with Crippen LogP contribution in [-0.4, -0.2) is 4.57 Å². The van der Waals surface area contributed by atoms with E-state index in [1.165, 1.54) is 38.5 Å². The molecule has 5 rings (SSSR count). The molecule has 4 bridgehead atoms. The Kier molecular flexibility index (Phi) is 2.81. The first kappa shape index (κ1) is 12.6. The number of pyridine rings is 1. The Labute approximate surface area is 120 Å². The summed E-state index contributed by atoms with van der Waals surface area (Å²) in [6.45, 7) is 1.37. The van der Waals surface area contributed by atoms with Crippen LogP contribution >= 0.6 is 0 Å². The van der Waals surface area contributed by atoms with E-state index in [1.807, 2.05) is 16.7 Å². The zero-order chi connectivity index (χ0) is 13.7. The van der Waals surface area contributed by atoms with Gasteiger partial charge in [-0.3, -0.25) is 4.79 Å². The molecule has 20 heavy (non-hydrogen) atoms. The second-order valence-electron chi connectivity index (χ2n) is 7.56. The summed E-state index contributed by atoms with van der Waals surface area (Å²) in [6, 6.07) is 5.52. The molecule has 4 fully saturated rings. The van der Waals surface area contributed by atoms with Crippen molar-refractivity contribution < 1.29 is 0 Å². The minimum Gasteiger partial charge on any atom is -0.325 e. The van der Waals surface area contributed by atoms with Gasteiger partial charge in [0, 0.05) is 24.8 Å². The van der Waals surface area contributed by atoms with E-state index in [0.717, 1.165) is 30.0 Å². The molecule has 2 N–H and O–H groups in total. The van der Waals surface area contributed by atoms with Crippen LogP contribution in [0.4, 0.5) is 0 Å². The van der Waals surface area contributed by atoms with Crippen molar-refractivity contribution in [3.05, 3.63) is 34.2 Å². The fourth-order valence-corrected chi connectivity index (χ4v) is 5.74. The van der Waals surface area contributed by atoms with Crippen LogP contribution in [0, 0.1) is 23.2 Å². The molecule has 1 heterocycles. The zero-order valence-electron chi connectivity index (χ0n) is 12.1. The topological polar surface area (TPSA) is 48.0 Å². The summed E-state index contributed by atoms with van der Waals surface area (Å²) in [5, 5.41) is 0. The summed E-state index contributed by atoms with van der Waals surface area (Å²) in [5.74, 6) is 2.80. The molecule has 0 saturated heterocycles. The molecule has 0 radical (unpaired) electrons. The van der Waals surface area contributed by atoms with Gasteiger partial charge in [0.25, 0.3) is 5.56 Å². The molecule has 0 amide bonds. The Morgan fingerprint density at radius 3 is 2.25 bits per heavy atom. The van der Waals surface area contributed by atoms with Gasteiger partial charge < -0.3 is 10.3 Å². The molecule has 0 atom stereocenters. The van der Waals surface area contributed by atoms with Crippen LogP contribution in [0.15, 0.2) is 23.0 Å². The molecule has 1 aromatic rings. The Hall–Kier alpha value is -1.09. The lowest BCUT2D eigenvalue weighted by Gasteiger charge is -2.57. The van der Waals surface area contributed by atoms with Crippen LogP contribution < -0.4 is 11.3 Å². The maximum absolute atomic E-state index is 12.2. The van der Waals surface area contributed by atoms with Gasteiger partial charge >= 0.3 is 0 Å². The first-order valence-corrected chi connectivity index (χ1v) is 8.06. The minimum absolute atomic E-state index is 0.128. The van der Waals surface area contributed by atoms with Gasteiger partial charge in [-0.25, -0.2) is 0 Å². The zero-order valence-corrected chi connectivity index (χ0v) is 12.1. The van der Waals surface area contributed by atoms with Crippen LogP contribution in [0.1, 0.15) is 44.2 Å². The SMILES string of the molecule is NCc1cccc(=O)n1CC12CC3CC(CC(C3)C1)C2. The van der Waals surface area contributed by atoms with Gasteiger partial charge in [0.1, 0.15) is 0 Å². The summed E-state index contributed by atoms with van der Waals surface area (Å²) < 4.78 is 1.97. The van der Waals surface area contributed by atoms with E-state index in [-0.39, 0.29) is 5.56 Å². The molecule has 3 heteroatoms. The molecule has 4 saturated carbocycles. The molecule has 4 aliphatic rings. The third kappa shape index (κ3) is 1.95. The highest BCUT2D eigenvalue weighted by molar-refractivity contribution is 5.09. The third-order valence-corrected chi connectivity index (χ3v) is 6.01. The predicted molar refractivity (Wildman–Crippen MR) is 79.2 cm³/mol. The van der Waals surface area contributed by atoms with Crippen LogP contribution in [0.2, 0.25) is 0 Å². The van der Waals surface area contributed by atoms with Crippen molar-refractivity contribution >= 4 is 0 Å². The smallest absolute Gasteiger partial charge is 0.250 e. The van der Waals surface area contributed by atoms with E-state index in [4.69, 9.17) is 5.73 Å². The molecule has 3 nitrogen and oxygen atoms in total. The molecule has 0 unspecified atom stereocenters.